The number of nitrogens with zero attached hydrogens (tertiary/aromatic N) is 3. The number of benzene rings is 2. The van der Waals surface area contributed by atoms with Crippen LogP contribution in [0.2, 0.25) is 0 Å². The Kier molecular flexibility index (Phi) is 6.46. The minimum Gasteiger partial charge on any atom is -0.491 e. The molecule has 0 saturated carbocycles. The van der Waals surface area contributed by atoms with Gasteiger partial charge in [0.1, 0.15) is 12.4 Å². The van der Waals surface area contributed by atoms with Gasteiger partial charge in [-0.15, -0.1) is 0 Å². The van der Waals surface area contributed by atoms with Crippen LogP contribution in [0.4, 0.5) is 0 Å². The maximum absolute atomic E-state index is 12.6. The lowest BCUT2D eigenvalue weighted by atomic mass is 10.2. The van der Waals surface area contributed by atoms with E-state index in [1.165, 1.54) is 10.9 Å². The van der Waals surface area contributed by atoms with Crippen molar-refractivity contribution in [3.05, 3.63) is 69.2 Å². The molecule has 0 bridgehead atoms. The third kappa shape index (κ3) is 4.78. The second-order valence-corrected chi connectivity index (χ2v) is 7.50. The molecule has 28 heavy (non-hydrogen) atoms. The van der Waals surface area contributed by atoms with Gasteiger partial charge in [0.2, 0.25) is 5.91 Å². The van der Waals surface area contributed by atoms with Crippen LogP contribution in [-0.2, 0) is 11.3 Å². The van der Waals surface area contributed by atoms with Crippen molar-refractivity contribution >= 4 is 32.7 Å². The molecule has 6 nitrogen and oxygen atoms in total. The van der Waals surface area contributed by atoms with Crippen molar-refractivity contribution in [1.82, 2.24) is 14.5 Å². The fourth-order valence-electron chi connectivity index (χ4n) is 2.83. The molecule has 0 aliphatic heterocycles. The van der Waals surface area contributed by atoms with Crippen LogP contribution < -0.4 is 10.3 Å². The summed E-state index contributed by atoms with van der Waals surface area (Å²) in [7, 11) is 1.74. The molecule has 0 spiro atoms. The normalized spacial score (nSPS) is 10.8. The summed E-state index contributed by atoms with van der Waals surface area (Å²) in [6.07, 6.45) is 1.72. The van der Waals surface area contributed by atoms with Crippen molar-refractivity contribution in [2.45, 2.75) is 19.9 Å². The number of rotatable bonds is 7. The standard InChI is InChI=1S/C21H22BrN3O3/c1-15-5-3-4-6-19(15)28-12-11-24(2)20(26)9-10-25-14-23-18-8-7-16(22)13-17(18)21(25)27/h3-8,13-14H,9-12H2,1-2H3. The summed E-state index contributed by atoms with van der Waals surface area (Å²) < 4.78 is 8.03. The zero-order valence-electron chi connectivity index (χ0n) is 15.9. The molecule has 1 amide bonds. The zero-order valence-corrected chi connectivity index (χ0v) is 17.5. The van der Waals surface area contributed by atoms with Crippen LogP contribution in [0.1, 0.15) is 12.0 Å². The largest absolute Gasteiger partial charge is 0.491 e. The van der Waals surface area contributed by atoms with Gasteiger partial charge >= 0.3 is 0 Å². The van der Waals surface area contributed by atoms with Crippen LogP contribution in [-0.4, -0.2) is 40.6 Å². The number of carbonyl (C=O) groups is 1. The first-order valence-corrected chi connectivity index (χ1v) is 9.82. The Morgan fingerprint density at radius 1 is 1.25 bits per heavy atom. The topological polar surface area (TPSA) is 64.4 Å². The van der Waals surface area contributed by atoms with Crippen LogP contribution in [0, 0.1) is 6.92 Å². The van der Waals surface area contributed by atoms with E-state index in [0.29, 0.717) is 24.1 Å². The quantitative estimate of drug-likeness (QED) is 0.561. The summed E-state index contributed by atoms with van der Waals surface area (Å²) in [6.45, 7) is 3.16. The highest BCUT2D eigenvalue weighted by molar-refractivity contribution is 9.10. The number of halogens is 1. The van der Waals surface area contributed by atoms with Gasteiger partial charge in [-0.1, -0.05) is 34.1 Å². The minimum absolute atomic E-state index is 0.0466. The number of amides is 1. The predicted molar refractivity (Wildman–Crippen MR) is 113 cm³/mol. The predicted octanol–water partition coefficient (Wildman–Crippen LogP) is 3.39. The minimum atomic E-state index is -0.148. The number of aromatic nitrogens is 2. The van der Waals surface area contributed by atoms with Crippen molar-refractivity contribution in [1.29, 1.82) is 0 Å². The lowest BCUT2D eigenvalue weighted by Gasteiger charge is -2.18. The molecule has 0 unspecified atom stereocenters. The molecule has 2 aromatic carbocycles. The first-order chi connectivity index (χ1) is 13.5. The molecular weight excluding hydrogens is 422 g/mol. The highest BCUT2D eigenvalue weighted by atomic mass is 79.9. The van der Waals surface area contributed by atoms with Gasteiger partial charge in [-0.25, -0.2) is 4.98 Å². The van der Waals surface area contributed by atoms with E-state index in [0.717, 1.165) is 15.8 Å². The molecule has 0 saturated heterocycles. The van der Waals surface area contributed by atoms with Gasteiger partial charge in [-0.05, 0) is 36.8 Å². The van der Waals surface area contributed by atoms with E-state index < -0.39 is 0 Å². The summed E-state index contributed by atoms with van der Waals surface area (Å²) >= 11 is 3.37. The van der Waals surface area contributed by atoms with E-state index in [2.05, 4.69) is 20.9 Å². The van der Waals surface area contributed by atoms with Crippen LogP contribution in [0.25, 0.3) is 10.9 Å². The first kappa shape index (κ1) is 20.1. The van der Waals surface area contributed by atoms with Crippen LogP contribution in [0.5, 0.6) is 5.75 Å². The van der Waals surface area contributed by atoms with Crippen LogP contribution in [0.15, 0.2) is 58.1 Å². The maximum atomic E-state index is 12.6. The number of carbonyl (C=O) groups excluding carboxylic acids is 1. The zero-order chi connectivity index (χ0) is 20.1. The lowest BCUT2D eigenvalue weighted by Crippen LogP contribution is -2.32. The van der Waals surface area contributed by atoms with E-state index >= 15 is 0 Å². The molecule has 3 rings (SSSR count). The third-order valence-electron chi connectivity index (χ3n) is 4.56. The average Bonchev–Trinajstić information content (AvgIpc) is 2.69. The average molecular weight is 444 g/mol. The molecule has 0 aliphatic rings. The number of hydrogen-bond donors (Lipinski definition) is 0. The van der Waals surface area contributed by atoms with E-state index in [1.54, 1.807) is 24.1 Å². The number of ether oxygens (including phenoxy) is 1. The molecule has 1 aromatic heterocycles. The van der Waals surface area contributed by atoms with E-state index in [4.69, 9.17) is 4.74 Å². The van der Waals surface area contributed by atoms with E-state index in [-0.39, 0.29) is 24.4 Å². The second kappa shape index (κ2) is 9.01. The first-order valence-electron chi connectivity index (χ1n) is 9.03. The van der Waals surface area contributed by atoms with Gasteiger partial charge in [0.15, 0.2) is 0 Å². The molecule has 0 N–H and O–H groups in total. The lowest BCUT2D eigenvalue weighted by molar-refractivity contribution is -0.130. The van der Waals surface area contributed by atoms with E-state index in [9.17, 15) is 9.59 Å². The molecule has 3 aromatic rings. The highest BCUT2D eigenvalue weighted by Gasteiger charge is 2.11. The van der Waals surface area contributed by atoms with Gasteiger partial charge in [-0.3, -0.25) is 14.2 Å². The molecule has 0 radical (unpaired) electrons. The van der Waals surface area contributed by atoms with Crippen molar-refractivity contribution in [2.75, 3.05) is 20.2 Å². The molecule has 146 valence electrons. The molecular formula is C21H22BrN3O3. The van der Waals surface area contributed by atoms with Gasteiger partial charge in [0.25, 0.3) is 5.56 Å². The molecule has 1 heterocycles. The highest BCUT2D eigenvalue weighted by Crippen LogP contribution is 2.16. The Hall–Kier alpha value is -2.67. The number of likely N-dealkylation sites (N-methyl/N-ethyl adjacent to an activating group) is 1. The van der Waals surface area contributed by atoms with Gasteiger partial charge in [0, 0.05) is 24.5 Å². The Morgan fingerprint density at radius 3 is 2.82 bits per heavy atom. The van der Waals surface area contributed by atoms with Crippen LogP contribution in [0.3, 0.4) is 0 Å². The third-order valence-corrected chi connectivity index (χ3v) is 5.05. The number of para-hydroxylation sites is 1. The molecule has 0 atom stereocenters. The fraction of sp³-hybridized carbons (Fsp3) is 0.286. The summed E-state index contributed by atoms with van der Waals surface area (Å²) in [5, 5.41) is 0.532. The molecule has 7 heteroatoms. The smallest absolute Gasteiger partial charge is 0.261 e. The number of fused-ring (bicyclic) bond motifs is 1. The van der Waals surface area contributed by atoms with Gasteiger partial charge in [0.05, 0.1) is 23.8 Å². The second-order valence-electron chi connectivity index (χ2n) is 6.58. The van der Waals surface area contributed by atoms with Gasteiger partial charge < -0.3 is 9.64 Å². The summed E-state index contributed by atoms with van der Waals surface area (Å²) in [5.41, 5.74) is 1.55. The Balaban J connectivity index is 1.55. The number of aryl methyl sites for hydroxylation is 2. The summed E-state index contributed by atoms with van der Waals surface area (Å²) in [6, 6.07) is 13.2. The Labute approximate surface area is 171 Å². The fourth-order valence-corrected chi connectivity index (χ4v) is 3.19. The Bertz CT molecular complexity index is 1050. The SMILES string of the molecule is Cc1ccccc1OCCN(C)C(=O)CCn1cnc2ccc(Br)cc2c1=O. The monoisotopic (exact) mass is 443 g/mol. The van der Waals surface area contributed by atoms with Crippen LogP contribution >= 0.6 is 15.9 Å². The Morgan fingerprint density at radius 2 is 2.04 bits per heavy atom. The summed E-state index contributed by atoms with van der Waals surface area (Å²) in [5.74, 6) is 0.776. The van der Waals surface area contributed by atoms with Gasteiger partial charge in [-0.2, -0.15) is 0 Å². The molecule has 0 aliphatic carbocycles. The van der Waals surface area contributed by atoms with Crippen molar-refractivity contribution in [3.8, 4) is 5.75 Å². The summed E-state index contributed by atoms with van der Waals surface area (Å²) in [4.78, 5) is 30.9. The van der Waals surface area contributed by atoms with Crippen molar-refractivity contribution < 1.29 is 9.53 Å². The number of hydrogen-bond acceptors (Lipinski definition) is 4. The van der Waals surface area contributed by atoms with Crippen molar-refractivity contribution in [3.63, 3.8) is 0 Å². The van der Waals surface area contributed by atoms with E-state index in [1.807, 2.05) is 37.3 Å². The van der Waals surface area contributed by atoms with Crippen molar-refractivity contribution in [2.24, 2.45) is 0 Å². The maximum Gasteiger partial charge on any atom is 0.261 e. The molecule has 0 fully saturated rings.